The Balaban J connectivity index is 2.01. The van der Waals surface area contributed by atoms with Gasteiger partial charge in [-0.1, -0.05) is 0 Å². The van der Waals surface area contributed by atoms with Crippen molar-refractivity contribution >= 4 is 17.7 Å². The van der Waals surface area contributed by atoms with Gasteiger partial charge in [-0.3, -0.25) is 0 Å². The lowest BCUT2D eigenvalue weighted by molar-refractivity contribution is 0.0692. The summed E-state index contributed by atoms with van der Waals surface area (Å²) in [6.45, 7) is 3.69. The lowest BCUT2D eigenvalue weighted by atomic mass is 10.1. The van der Waals surface area contributed by atoms with Crippen LogP contribution in [0.5, 0.6) is 0 Å². The minimum Gasteiger partial charge on any atom is -0.478 e. The standard InChI is InChI=1S/C14H14N2O3S/c1-7-8(2)19-14(15-7)20-12-10(13(17)18)6-9-4-3-5-11(9)16-12/h6H,3-5H2,1-2H3,(H,17,18). The van der Waals surface area contributed by atoms with Crippen LogP contribution < -0.4 is 0 Å². The molecule has 3 rings (SSSR count). The van der Waals surface area contributed by atoms with E-state index in [2.05, 4.69) is 9.97 Å². The first-order chi connectivity index (χ1) is 9.54. The summed E-state index contributed by atoms with van der Waals surface area (Å²) in [5.74, 6) is -0.222. The topological polar surface area (TPSA) is 76.2 Å². The second-order valence-corrected chi connectivity index (χ2v) is 5.77. The van der Waals surface area contributed by atoms with E-state index in [1.54, 1.807) is 6.07 Å². The van der Waals surface area contributed by atoms with E-state index in [1.165, 1.54) is 11.8 Å². The first-order valence-electron chi connectivity index (χ1n) is 6.42. The second-order valence-electron chi connectivity index (χ2n) is 4.83. The third-order valence-corrected chi connectivity index (χ3v) is 4.29. The maximum Gasteiger partial charge on any atom is 0.338 e. The molecule has 0 aromatic carbocycles. The fourth-order valence-electron chi connectivity index (χ4n) is 2.25. The molecule has 0 amide bonds. The number of nitrogens with zero attached hydrogens (tertiary/aromatic N) is 2. The summed E-state index contributed by atoms with van der Waals surface area (Å²) < 4.78 is 5.49. The molecule has 0 atom stereocenters. The molecule has 6 heteroatoms. The van der Waals surface area contributed by atoms with E-state index < -0.39 is 5.97 Å². The number of hydrogen-bond donors (Lipinski definition) is 1. The normalized spacial score (nSPS) is 13.5. The van der Waals surface area contributed by atoms with Gasteiger partial charge in [0.25, 0.3) is 5.22 Å². The number of aromatic carboxylic acids is 1. The van der Waals surface area contributed by atoms with Crippen molar-refractivity contribution in [1.29, 1.82) is 0 Å². The van der Waals surface area contributed by atoms with E-state index in [-0.39, 0.29) is 5.56 Å². The van der Waals surface area contributed by atoms with Crippen LogP contribution in [-0.2, 0) is 12.8 Å². The summed E-state index contributed by atoms with van der Waals surface area (Å²) in [4.78, 5) is 20.1. The molecule has 2 aromatic heterocycles. The quantitative estimate of drug-likeness (QED) is 0.936. The van der Waals surface area contributed by atoms with Gasteiger partial charge in [0, 0.05) is 5.69 Å². The van der Waals surface area contributed by atoms with Gasteiger partial charge in [0.15, 0.2) is 0 Å². The number of aryl methyl sites for hydroxylation is 4. The fourth-order valence-corrected chi connectivity index (χ4v) is 3.18. The minimum absolute atomic E-state index is 0.226. The molecule has 0 bridgehead atoms. The zero-order chi connectivity index (χ0) is 14.3. The number of pyridine rings is 1. The Hall–Kier alpha value is -1.82. The number of carboxylic acids is 1. The summed E-state index contributed by atoms with van der Waals surface area (Å²) >= 11 is 1.17. The first-order valence-corrected chi connectivity index (χ1v) is 7.24. The maximum atomic E-state index is 11.4. The summed E-state index contributed by atoms with van der Waals surface area (Å²) in [6.07, 6.45) is 2.85. The number of rotatable bonds is 3. The van der Waals surface area contributed by atoms with Gasteiger partial charge in [-0.2, -0.15) is 0 Å². The molecule has 0 aliphatic heterocycles. The highest BCUT2D eigenvalue weighted by Crippen LogP contribution is 2.33. The lowest BCUT2D eigenvalue weighted by Gasteiger charge is -2.06. The van der Waals surface area contributed by atoms with Crippen molar-refractivity contribution in [3.63, 3.8) is 0 Å². The Labute approximate surface area is 120 Å². The molecule has 0 fully saturated rings. The van der Waals surface area contributed by atoms with Gasteiger partial charge in [-0.05, 0) is 56.5 Å². The van der Waals surface area contributed by atoms with Crippen molar-refractivity contribution in [3.8, 4) is 0 Å². The Morgan fingerprint density at radius 1 is 1.35 bits per heavy atom. The van der Waals surface area contributed by atoms with E-state index >= 15 is 0 Å². The summed E-state index contributed by atoms with van der Waals surface area (Å²) in [5, 5.41) is 10.2. The molecule has 20 heavy (non-hydrogen) atoms. The Kier molecular flexibility index (Phi) is 3.25. The zero-order valence-electron chi connectivity index (χ0n) is 11.3. The molecule has 5 nitrogen and oxygen atoms in total. The number of oxazole rings is 1. The number of carboxylic acid groups (broad SMARTS) is 1. The molecule has 0 saturated carbocycles. The lowest BCUT2D eigenvalue weighted by Crippen LogP contribution is -2.04. The van der Waals surface area contributed by atoms with Crippen LogP contribution in [0.3, 0.4) is 0 Å². The Morgan fingerprint density at radius 2 is 2.15 bits per heavy atom. The van der Waals surface area contributed by atoms with Crippen LogP contribution in [-0.4, -0.2) is 21.0 Å². The average Bonchev–Trinajstić information content (AvgIpc) is 2.95. The molecular formula is C14H14N2O3S. The first kappa shape index (κ1) is 13.2. The molecule has 0 spiro atoms. The van der Waals surface area contributed by atoms with Crippen molar-refractivity contribution in [3.05, 3.63) is 34.3 Å². The van der Waals surface area contributed by atoms with E-state index in [9.17, 15) is 9.90 Å². The molecule has 0 unspecified atom stereocenters. The SMILES string of the molecule is Cc1nc(Sc2nc3c(cc2C(=O)O)CCC3)oc1C. The summed E-state index contributed by atoms with van der Waals surface area (Å²) in [6, 6.07) is 1.74. The number of aromatic nitrogens is 2. The van der Waals surface area contributed by atoms with Gasteiger partial charge in [0.2, 0.25) is 0 Å². The van der Waals surface area contributed by atoms with Gasteiger partial charge in [0.05, 0.1) is 11.3 Å². The number of carbonyl (C=O) groups is 1. The third-order valence-electron chi connectivity index (χ3n) is 3.44. The molecule has 2 aromatic rings. The summed E-state index contributed by atoms with van der Waals surface area (Å²) in [7, 11) is 0. The van der Waals surface area contributed by atoms with Gasteiger partial charge >= 0.3 is 5.97 Å². The minimum atomic E-state index is -0.963. The van der Waals surface area contributed by atoms with Crippen molar-refractivity contribution < 1.29 is 14.3 Å². The van der Waals surface area contributed by atoms with E-state index in [1.807, 2.05) is 13.8 Å². The highest BCUT2D eigenvalue weighted by molar-refractivity contribution is 7.99. The molecule has 0 saturated heterocycles. The predicted octanol–water partition coefficient (Wildman–Crippen LogP) is 3.02. The predicted molar refractivity (Wildman–Crippen MR) is 73.3 cm³/mol. The largest absolute Gasteiger partial charge is 0.478 e. The van der Waals surface area contributed by atoms with Gasteiger partial charge in [-0.15, -0.1) is 0 Å². The second kappa shape index (κ2) is 4.94. The molecule has 104 valence electrons. The van der Waals surface area contributed by atoms with Crippen molar-refractivity contribution in [2.75, 3.05) is 0 Å². The van der Waals surface area contributed by atoms with Crippen molar-refractivity contribution in [2.45, 2.75) is 43.4 Å². The highest BCUT2D eigenvalue weighted by Gasteiger charge is 2.22. The van der Waals surface area contributed by atoms with E-state index in [0.717, 1.165) is 42.0 Å². The fraction of sp³-hybridized carbons (Fsp3) is 0.357. The van der Waals surface area contributed by atoms with Gasteiger partial charge in [0.1, 0.15) is 10.8 Å². The maximum absolute atomic E-state index is 11.4. The van der Waals surface area contributed by atoms with Crippen LogP contribution in [0.2, 0.25) is 0 Å². The molecule has 0 radical (unpaired) electrons. The molecule has 2 heterocycles. The molecular weight excluding hydrogens is 276 g/mol. The van der Waals surface area contributed by atoms with Crippen LogP contribution in [0.15, 0.2) is 20.7 Å². The monoisotopic (exact) mass is 290 g/mol. The molecule has 1 aliphatic rings. The van der Waals surface area contributed by atoms with Crippen molar-refractivity contribution in [2.24, 2.45) is 0 Å². The van der Waals surface area contributed by atoms with Crippen LogP contribution in [0.4, 0.5) is 0 Å². The Morgan fingerprint density at radius 3 is 2.80 bits per heavy atom. The molecule has 1 N–H and O–H groups in total. The van der Waals surface area contributed by atoms with Crippen LogP contribution >= 0.6 is 11.8 Å². The molecule has 1 aliphatic carbocycles. The average molecular weight is 290 g/mol. The van der Waals surface area contributed by atoms with E-state index in [0.29, 0.717) is 10.2 Å². The van der Waals surface area contributed by atoms with Crippen LogP contribution in [0, 0.1) is 13.8 Å². The zero-order valence-corrected chi connectivity index (χ0v) is 12.1. The van der Waals surface area contributed by atoms with Gasteiger partial charge in [-0.25, -0.2) is 14.8 Å². The van der Waals surface area contributed by atoms with Crippen LogP contribution in [0.25, 0.3) is 0 Å². The third kappa shape index (κ3) is 2.31. The van der Waals surface area contributed by atoms with Crippen LogP contribution in [0.1, 0.15) is 39.5 Å². The highest BCUT2D eigenvalue weighted by atomic mass is 32.2. The smallest absolute Gasteiger partial charge is 0.338 e. The summed E-state index contributed by atoms with van der Waals surface area (Å²) in [5.41, 5.74) is 3.08. The Bertz CT molecular complexity index is 674. The van der Waals surface area contributed by atoms with Crippen molar-refractivity contribution in [1.82, 2.24) is 9.97 Å². The number of fused-ring (bicyclic) bond motifs is 1. The number of hydrogen-bond acceptors (Lipinski definition) is 5. The van der Waals surface area contributed by atoms with Gasteiger partial charge < -0.3 is 9.52 Å². The van der Waals surface area contributed by atoms with E-state index in [4.69, 9.17) is 4.42 Å².